The Labute approximate surface area is 216 Å². The predicted octanol–water partition coefficient (Wildman–Crippen LogP) is 9.82. The van der Waals surface area contributed by atoms with Crippen molar-refractivity contribution in [1.29, 1.82) is 0 Å². The normalized spacial score (nSPS) is 39.4. The lowest BCUT2D eigenvalue weighted by Crippen LogP contribution is -2.50. The zero-order chi connectivity index (χ0) is 24.8. The highest BCUT2D eigenvalue weighted by Gasteiger charge is 2.59. The largest absolute Gasteiger partial charge is 0.496 e. The van der Waals surface area contributed by atoms with Crippen molar-refractivity contribution in [3.8, 4) is 5.75 Å². The maximum Gasteiger partial charge on any atom is 0.122 e. The van der Waals surface area contributed by atoms with Crippen LogP contribution in [0.25, 0.3) is 0 Å². The molecule has 35 heavy (non-hydrogen) atoms. The van der Waals surface area contributed by atoms with Crippen molar-refractivity contribution < 1.29 is 4.74 Å². The number of rotatable bonds is 7. The molecule has 0 spiro atoms. The molecule has 0 unspecified atom stereocenters. The van der Waals surface area contributed by atoms with Crippen molar-refractivity contribution >= 4 is 0 Å². The summed E-state index contributed by atoms with van der Waals surface area (Å²) in [5.74, 6) is 7.23. The maximum atomic E-state index is 5.75. The van der Waals surface area contributed by atoms with Crippen LogP contribution in [0, 0.1) is 46.3 Å². The minimum absolute atomic E-state index is 0.434. The number of fused-ring (bicyclic) bond motifs is 5. The Morgan fingerprint density at radius 2 is 1.74 bits per heavy atom. The average molecular weight is 477 g/mol. The van der Waals surface area contributed by atoms with E-state index in [1.807, 2.05) is 7.11 Å². The Bertz CT molecular complexity index is 913. The van der Waals surface area contributed by atoms with E-state index in [0.717, 1.165) is 41.3 Å². The molecule has 4 aliphatic rings. The summed E-state index contributed by atoms with van der Waals surface area (Å²) in [6.45, 7) is 12.8. The molecule has 0 saturated heterocycles. The topological polar surface area (TPSA) is 9.23 Å². The molecule has 8 atom stereocenters. The first-order chi connectivity index (χ1) is 16.8. The van der Waals surface area contributed by atoms with Crippen LogP contribution in [0.4, 0.5) is 0 Å². The van der Waals surface area contributed by atoms with Gasteiger partial charge in [-0.25, -0.2) is 0 Å². The number of methoxy groups -OCH3 is 1. The second-order valence-corrected chi connectivity index (χ2v) is 14.0. The molecule has 3 fully saturated rings. The molecule has 4 aliphatic carbocycles. The molecule has 194 valence electrons. The predicted molar refractivity (Wildman–Crippen MR) is 149 cm³/mol. The number of hydrogen-bond acceptors (Lipinski definition) is 1. The molecule has 5 rings (SSSR count). The second-order valence-electron chi connectivity index (χ2n) is 14.0. The Kier molecular flexibility index (Phi) is 7.19. The van der Waals surface area contributed by atoms with Gasteiger partial charge in [0.05, 0.1) is 7.11 Å². The van der Waals surface area contributed by atoms with Gasteiger partial charge in [-0.2, -0.15) is 0 Å². The van der Waals surface area contributed by atoms with Crippen LogP contribution in [0.1, 0.15) is 117 Å². The van der Waals surface area contributed by atoms with Crippen LogP contribution in [-0.2, 0) is 0 Å². The Hall–Kier alpha value is -1.24. The fraction of sp³-hybridized carbons (Fsp3) is 0.765. The lowest BCUT2D eigenvalue weighted by molar-refractivity contribution is -0.0510. The molecule has 3 saturated carbocycles. The highest BCUT2D eigenvalue weighted by atomic mass is 16.5. The first-order valence-electron chi connectivity index (χ1n) is 15.1. The molecule has 0 aromatic heterocycles. The van der Waals surface area contributed by atoms with Gasteiger partial charge in [0.25, 0.3) is 0 Å². The van der Waals surface area contributed by atoms with E-state index in [9.17, 15) is 0 Å². The van der Waals surface area contributed by atoms with Crippen molar-refractivity contribution in [2.45, 2.75) is 111 Å². The summed E-state index contributed by atoms with van der Waals surface area (Å²) in [4.78, 5) is 0. The quantitative estimate of drug-likeness (QED) is 0.356. The van der Waals surface area contributed by atoms with E-state index in [0.29, 0.717) is 16.7 Å². The SMILES string of the molecule is COc1ccccc1[C@H]1CC[C@@]2(C)C(=CC[C@H]3[C@@H]4CC[C@H]([C@H](C)CCCC(C)C)[C@@]4(C)CC[C@@H]32)C1. The molecule has 1 nitrogen and oxygen atoms in total. The third-order valence-corrected chi connectivity index (χ3v) is 11.9. The van der Waals surface area contributed by atoms with E-state index in [2.05, 4.69) is 65.0 Å². The minimum atomic E-state index is 0.434. The smallest absolute Gasteiger partial charge is 0.122 e. The first-order valence-corrected chi connectivity index (χ1v) is 15.1. The summed E-state index contributed by atoms with van der Waals surface area (Å²) >= 11 is 0. The number of para-hydroxylation sites is 1. The number of allylic oxidation sites excluding steroid dienone is 2. The molecule has 0 amide bonds. The van der Waals surface area contributed by atoms with Crippen molar-refractivity contribution in [2.75, 3.05) is 7.11 Å². The van der Waals surface area contributed by atoms with Gasteiger partial charge in [0, 0.05) is 0 Å². The number of hydrogen-bond donors (Lipinski definition) is 0. The van der Waals surface area contributed by atoms with E-state index >= 15 is 0 Å². The lowest BCUT2D eigenvalue weighted by Gasteiger charge is -2.58. The minimum Gasteiger partial charge on any atom is -0.496 e. The monoisotopic (exact) mass is 476 g/mol. The summed E-state index contributed by atoms with van der Waals surface area (Å²) in [6, 6.07) is 8.76. The third kappa shape index (κ3) is 4.42. The van der Waals surface area contributed by atoms with E-state index in [4.69, 9.17) is 4.74 Å². The molecule has 0 N–H and O–H groups in total. The van der Waals surface area contributed by atoms with Crippen LogP contribution < -0.4 is 4.74 Å². The molecule has 1 aromatic rings. The van der Waals surface area contributed by atoms with E-state index in [1.54, 1.807) is 5.57 Å². The van der Waals surface area contributed by atoms with Crippen molar-refractivity contribution in [3.63, 3.8) is 0 Å². The van der Waals surface area contributed by atoms with Gasteiger partial charge in [-0.15, -0.1) is 0 Å². The van der Waals surface area contributed by atoms with Crippen LogP contribution in [0.2, 0.25) is 0 Å². The van der Waals surface area contributed by atoms with Crippen molar-refractivity contribution in [2.24, 2.45) is 46.3 Å². The van der Waals surface area contributed by atoms with E-state index in [-0.39, 0.29) is 0 Å². The summed E-state index contributed by atoms with van der Waals surface area (Å²) < 4.78 is 5.75. The fourth-order valence-electron chi connectivity index (χ4n) is 9.95. The Balaban J connectivity index is 1.32. The van der Waals surface area contributed by atoms with Crippen molar-refractivity contribution in [3.05, 3.63) is 41.5 Å². The third-order valence-electron chi connectivity index (χ3n) is 11.9. The number of benzene rings is 1. The molecule has 1 heteroatoms. The second kappa shape index (κ2) is 9.90. The Morgan fingerprint density at radius 1 is 0.943 bits per heavy atom. The van der Waals surface area contributed by atoms with Gasteiger partial charge in [-0.05, 0) is 115 Å². The number of ether oxygens (including phenoxy) is 1. The summed E-state index contributed by atoms with van der Waals surface area (Å²) in [5, 5.41) is 0. The molecule has 0 heterocycles. The fourth-order valence-corrected chi connectivity index (χ4v) is 9.95. The van der Waals surface area contributed by atoms with Crippen LogP contribution >= 0.6 is 0 Å². The average Bonchev–Trinajstić information content (AvgIpc) is 3.20. The molecule has 0 bridgehead atoms. The van der Waals surface area contributed by atoms with Gasteiger partial charge in [0.1, 0.15) is 5.75 Å². The standard InChI is InChI=1S/C34H52O/c1-23(2)10-9-11-24(3)29-16-17-30-28-15-14-26-22-25(27-12-7-8-13-32(27)35-6)18-20-33(26,4)31(28)19-21-34(29,30)5/h7-8,12-14,23-25,28-31H,9-11,15-22H2,1-6H3/t24-,25+,28+,29-,30+,31+,33+,34-/m1/s1. The van der Waals surface area contributed by atoms with E-state index in [1.165, 1.54) is 76.2 Å². The van der Waals surface area contributed by atoms with E-state index < -0.39 is 0 Å². The highest BCUT2D eigenvalue weighted by molar-refractivity contribution is 5.39. The molecule has 0 radical (unpaired) electrons. The Morgan fingerprint density at radius 3 is 2.51 bits per heavy atom. The maximum absolute atomic E-state index is 5.75. The first kappa shape index (κ1) is 25.4. The molecular formula is C34H52O. The van der Waals surface area contributed by atoms with Crippen molar-refractivity contribution in [1.82, 2.24) is 0 Å². The summed E-state index contributed by atoms with van der Waals surface area (Å²) in [5.41, 5.74) is 4.25. The van der Waals surface area contributed by atoms with Crippen LogP contribution in [-0.4, -0.2) is 7.11 Å². The van der Waals surface area contributed by atoms with Gasteiger partial charge >= 0.3 is 0 Å². The van der Waals surface area contributed by atoms with Crippen LogP contribution in [0.3, 0.4) is 0 Å². The van der Waals surface area contributed by atoms with Gasteiger partial charge in [0.15, 0.2) is 0 Å². The molecule has 0 aliphatic heterocycles. The van der Waals surface area contributed by atoms with Crippen LogP contribution in [0.15, 0.2) is 35.9 Å². The van der Waals surface area contributed by atoms with Gasteiger partial charge in [-0.3, -0.25) is 0 Å². The lowest BCUT2D eigenvalue weighted by atomic mass is 9.46. The summed E-state index contributed by atoms with van der Waals surface area (Å²) in [7, 11) is 1.83. The zero-order valence-corrected chi connectivity index (χ0v) is 23.6. The van der Waals surface area contributed by atoms with Crippen LogP contribution in [0.5, 0.6) is 5.75 Å². The highest BCUT2D eigenvalue weighted by Crippen LogP contribution is 2.68. The molecular weight excluding hydrogens is 424 g/mol. The van der Waals surface area contributed by atoms with Gasteiger partial charge in [-0.1, -0.05) is 83.7 Å². The molecule has 1 aromatic carbocycles. The van der Waals surface area contributed by atoms with Gasteiger partial charge in [0.2, 0.25) is 0 Å². The van der Waals surface area contributed by atoms with Gasteiger partial charge < -0.3 is 4.74 Å². The zero-order valence-electron chi connectivity index (χ0n) is 23.6. The summed E-state index contributed by atoms with van der Waals surface area (Å²) in [6.07, 6.45) is 18.3.